The molecule has 5 rings (SSSR count). The lowest BCUT2D eigenvalue weighted by Crippen LogP contribution is -2.13. The van der Waals surface area contributed by atoms with Gasteiger partial charge in [0.25, 0.3) is 10.0 Å². The largest absolute Gasteiger partial charge is 0.478 e. The fourth-order valence-corrected chi connectivity index (χ4v) is 5.65. The number of nitrogens with two attached hydrogens (primary N) is 1. The molecule has 0 aromatic heterocycles. The van der Waals surface area contributed by atoms with Gasteiger partial charge >= 0.3 is 5.97 Å². The predicted molar refractivity (Wildman–Crippen MR) is 161 cm³/mol. The molecule has 0 aliphatic carbocycles. The molecule has 0 amide bonds. The monoisotopic (exact) mass is 585 g/mol. The number of nitrogen functional groups attached to an aromatic ring is 1. The van der Waals surface area contributed by atoms with E-state index < -0.39 is 16.0 Å². The Morgan fingerprint density at radius 1 is 0.902 bits per heavy atom. The second-order valence-electron chi connectivity index (χ2n) is 9.32. The van der Waals surface area contributed by atoms with Crippen molar-refractivity contribution in [2.24, 2.45) is 5.73 Å². The number of amidine groups is 1. The number of sulfonamides is 1. The smallest absolute Gasteiger partial charge is 0.336 e. The summed E-state index contributed by atoms with van der Waals surface area (Å²) in [7, 11) is -4.00. The van der Waals surface area contributed by atoms with Crippen LogP contribution in [0, 0.1) is 12.3 Å². The van der Waals surface area contributed by atoms with Crippen LogP contribution in [0.3, 0.4) is 0 Å². The number of aryl methyl sites for hydroxylation is 1. The lowest BCUT2D eigenvalue weighted by atomic mass is 9.98. The van der Waals surface area contributed by atoms with Gasteiger partial charge < -0.3 is 15.6 Å². The molecule has 0 saturated heterocycles. The average Bonchev–Trinajstić information content (AvgIpc) is 2.94. The van der Waals surface area contributed by atoms with Gasteiger partial charge in [-0.15, -0.1) is 0 Å². The van der Waals surface area contributed by atoms with Crippen LogP contribution in [-0.2, 0) is 10.0 Å². The zero-order valence-electron chi connectivity index (χ0n) is 21.7. The van der Waals surface area contributed by atoms with Gasteiger partial charge in [-0.2, -0.15) is 0 Å². The first-order valence-electron chi connectivity index (χ1n) is 12.3. The summed E-state index contributed by atoms with van der Waals surface area (Å²) < 4.78 is 35.1. The van der Waals surface area contributed by atoms with Gasteiger partial charge in [0.2, 0.25) is 0 Å². The van der Waals surface area contributed by atoms with Gasteiger partial charge in [-0.1, -0.05) is 54.1 Å². The van der Waals surface area contributed by atoms with E-state index in [1.54, 1.807) is 55.5 Å². The summed E-state index contributed by atoms with van der Waals surface area (Å²) in [6.45, 7) is 1.77. The van der Waals surface area contributed by atoms with E-state index in [-0.39, 0.29) is 22.0 Å². The highest BCUT2D eigenvalue weighted by molar-refractivity contribution is 7.92. The van der Waals surface area contributed by atoms with Crippen LogP contribution in [0.1, 0.15) is 21.5 Å². The van der Waals surface area contributed by atoms with Gasteiger partial charge in [0, 0.05) is 21.8 Å². The molecule has 0 aliphatic rings. The molecule has 0 spiro atoms. The molecular weight excluding hydrogens is 562 g/mol. The fraction of sp³-hybridized carbons (Fsp3) is 0.0323. The van der Waals surface area contributed by atoms with Crippen LogP contribution in [0.25, 0.3) is 21.9 Å². The Morgan fingerprint density at radius 3 is 2.37 bits per heavy atom. The lowest BCUT2D eigenvalue weighted by molar-refractivity contribution is 0.0697. The summed E-state index contributed by atoms with van der Waals surface area (Å²) in [5, 5.41) is 19.5. The highest BCUT2D eigenvalue weighted by atomic mass is 35.5. The number of rotatable bonds is 8. The van der Waals surface area contributed by atoms with Gasteiger partial charge in [0.15, 0.2) is 0 Å². The summed E-state index contributed by atoms with van der Waals surface area (Å²) in [5.41, 5.74) is 7.91. The van der Waals surface area contributed by atoms with E-state index in [1.807, 2.05) is 18.2 Å². The zero-order valence-corrected chi connectivity index (χ0v) is 23.3. The number of nitrogens with one attached hydrogen (secondary N) is 2. The first-order valence-corrected chi connectivity index (χ1v) is 14.2. The van der Waals surface area contributed by atoms with Gasteiger partial charge in [-0.3, -0.25) is 10.1 Å². The highest BCUT2D eigenvalue weighted by Crippen LogP contribution is 2.38. The predicted octanol–water partition coefficient (Wildman–Crippen LogP) is 7.04. The number of carboxylic acid groups (broad SMARTS) is 1. The number of aromatic carboxylic acids is 1. The Kier molecular flexibility index (Phi) is 7.40. The van der Waals surface area contributed by atoms with Crippen molar-refractivity contribution in [1.29, 1.82) is 5.41 Å². The van der Waals surface area contributed by atoms with E-state index in [2.05, 4.69) is 4.72 Å². The van der Waals surface area contributed by atoms with Crippen LogP contribution in [-0.4, -0.2) is 25.3 Å². The quantitative estimate of drug-likeness (QED) is 0.114. The molecule has 0 bridgehead atoms. The fourth-order valence-electron chi connectivity index (χ4n) is 4.33. The van der Waals surface area contributed by atoms with Crippen LogP contribution in [0.15, 0.2) is 102 Å². The minimum atomic E-state index is -4.00. The number of ether oxygens (including phenoxy) is 1. The molecule has 0 saturated carbocycles. The van der Waals surface area contributed by atoms with Crippen molar-refractivity contribution >= 4 is 49.9 Å². The Bertz CT molecular complexity index is 1960. The minimum Gasteiger partial charge on any atom is -0.478 e. The molecule has 0 unspecified atom stereocenters. The summed E-state index contributed by atoms with van der Waals surface area (Å²) in [6, 6.07) is 26.3. The van der Waals surface area contributed by atoms with Gasteiger partial charge in [-0.05, 0) is 83.4 Å². The van der Waals surface area contributed by atoms with Crippen LogP contribution in [0.4, 0.5) is 5.69 Å². The summed E-state index contributed by atoms with van der Waals surface area (Å²) in [5.74, 6) is -0.376. The van der Waals surface area contributed by atoms with Crippen molar-refractivity contribution in [2.45, 2.75) is 11.8 Å². The lowest BCUT2D eigenvalue weighted by Gasteiger charge is -2.16. The topological polar surface area (TPSA) is 143 Å². The van der Waals surface area contributed by atoms with E-state index in [1.165, 1.54) is 30.3 Å². The number of carbonyl (C=O) groups is 1. The van der Waals surface area contributed by atoms with Crippen LogP contribution < -0.4 is 15.2 Å². The van der Waals surface area contributed by atoms with E-state index >= 15 is 0 Å². The van der Waals surface area contributed by atoms with Gasteiger partial charge in [-0.25, -0.2) is 13.2 Å². The maximum atomic E-state index is 13.1. The number of benzene rings is 5. The third-order valence-electron chi connectivity index (χ3n) is 6.48. The van der Waals surface area contributed by atoms with Crippen molar-refractivity contribution < 1.29 is 23.1 Å². The molecule has 5 aromatic carbocycles. The second-order valence-corrected chi connectivity index (χ2v) is 11.4. The molecule has 0 heterocycles. The van der Waals surface area contributed by atoms with Crippen molar-refractivity contribution in [1.82, 2.24) is 0 Å². The number of carboxylic acids is 1. The van der Waals surface area contributed by atoms with E-state index in [0.29, 0.717) is 33.2 Å². The molecular formula is C31H24ClN3O5S. The Balaban J connectivity index is 1.57. The maximum Gasteiger partial charge on any atom is 0.336 e. The Morgan fingerprint density at radius 2 is 1.63 bits per heavy atom. The molecule has 206 valence electrons. The number of anilines is 1. The first kappa shape index (κ1) is 27.7. The molecule has 41 heavy (non-hydrogen) atoms. The van der Waals surface area contributed by atoms with E-state index in [4.69, 9.17) is 27.5 Å². The average molecular weight is 586 g/mol. The number of hydrogen-bond acceptors (Lipinski definition) is 5. The van der Waals surface area contributed by atoms with Crippen LogP contribution >= 0.6 is 11.6 Å². The summed E-state index contributed by atoms with van der Waals surface area (Å²) >= 11 is 6.15. The molecule has 0 atom stereocenters. The number of halogens is 1. The zero-order chi connectivity index (χ0) is 29.3. The first-order chi connectivity index (χ1) is 19.5. The van der Waals surface area contributed by atoms with Gasteiger partial charge in [0.05, 0.1) is 10.5 Å². The van der Waals surface area contributed by atoms with E-state index in [9.17, 15) is 18.3 Å². The Labute approximate surface area is 241 Å². The third-order valence-corrected chi connectivity index (χ3v) is 8.27. The Hall–Kier alpha value is -4.86. The van der Waals surface area contributed by atoms with Crippen LogP contribution in [0.2, 0.25) is 5.02 Å². The molecule has 0 aliphatic heterocycles. The summed E-state index contributed by atoms with van der Waals surface area (Å²) in [6.07, 6.45) is 0. The summed E-state index contributed by atoms with van der Waals surface area (Å²) in [4.78, 5) is 12.0. The molecule has 10 heteroatoms. The third kappa shape index (κ3) is 5.86. The highest BCUT2D eigenvalue weighted by Gasteiger charge is 2.20. The van der Waals surface area contributed by atoms with Crippen LogP contribution in [0.5, 0.6) is 11.5 Å². The molecule has 8 nitrogen and oxygen atoms in total. The molecule has 0 radical (unpaired) electrons. The minimum absolute atomic E-state index is 0.00925. The molecule has 0 fully saturated rings. The SMILES string of the molecule is Cc1ccc(S(=O)(=O)Nc2ccc(Oc3ccc4cc(C(=N)N)ccc4c3)c(-c3ccccc3C(=O)O)c2)cc1Cl. The molecule has 5 aromatic rings. The second kappa shape index (κ2) is 11.0. The number of hydrogen-bond donors (Lipinski definition) is 4. The molecule has 5 N–H and O–H groups in total. The van der Waals surface area contributed by atoms with Crippen molar-refractivity contribution in [3.63, 3.8) is 0 Å². The van der Waals surface area contributed by atoms with Gasteiger partial charge in [0.1, 0.15) is 17.3 Å². The number of fused-ring (bicyclic) bond motifs is 1. The van der Waals surface area contributed by atoms with E-state index in [0.717, 1.165) is 16.3 Å². The normalized spacial score (nSPS) is 11.3. The van der Waals surface area contributed by atoms with Crippen molar-refractivity contribution in [2.75, 3.05) is 4.72 Å². The maximum absolute atomic E-state index is 13.1. The van der Waals surface area contributed by atoms with Crippen molar-refractivity contribution in [3.05, 3.63) is 119 Å². The standard InChI is InChI=1S/C31H24ClN3O5S/c1-18-6-12-24(17-28(18)32)41(38,39)35-22-10-13-29(27(16-22)25-4-2-3-5-26(25)31(36)37)40-23-11-9-19-14-21(30(33)34)8-7-20(19)15-23/h2-17,35H,1H3,(H3,33,34)(H,36,37). The van der Waals surface area contributed by atoms with Crippen molar-refractivity contribution in [3.8, 4) is 22.6 Å².